The number of nitrogens with one attached hydrogen (secondary N) is 1. The minimum absolute atomic E-state index is 0.0623. The van der Waals surface area contributed by atoms with Crippen molar-refractivity contribution < 1.29 is 13.2 Å². The average Bonchev–Trinajstić information content (AvgIpc) is 2.44. The molecular weight excluding hydrogens is 229 g/mol. The molecule has 17 heavy (non-hydrogen) atoms. The van der Waals surface area contributed by atoms with E-state index in [0.29, 0.717) is 12.1 Å². The molecule has 1 aromatic heterocycles. The maximum atomic E-state index is 12.5. The van der Waals surface area contributed by atoms with E-state index in [4.69, 9.17) is 0 Å². The summed E-state index contributed by atoms with van der Waals surface area (Å²) in [6.45, 7) is 4.06. The molecule has 5 heteroatoms. The zero-order valence-corrected chi connectivity index (χ0v) is 10.0. The molecule has 0 amide bonds. The Hall–Kier alpha value is -1.10. The smallest absolute Gasteiger partial charge is 0.312 e. The van der Waals surface area contributed by atoms with Gasteiger partial charge < -0.3 is 5.32 Å². The van der Waals surface area contributed by atoms with Crippen molar-refractivity contribution in [1.82, 2.24) is 10.3 Å². The van der Waals surface area contributed by atoms with Crippen LogP contribution in [0, 0.1) is 5.41 Å². The van der Waals surface area contributed by atoms with E-state index in [9.17, 15) is 13.2 Å². The molecule has 94 valence electrons. The molecule has 1 aromatic rings. The largest absolute Gasteiger partial charge is 0.433 e. The van der Waals surface area contributed by atoms with Crippen LogP contribution in [0.2, 0.25) is 0 Å². The van der Waals surface area contributed by atoms with Crippen molar-refractivity contribution >= 4 is 0 Å². The molecular formula is C12H15F3N2. The third-order valence-electron chi connectivity index (χ3n) is 3.30. The first-order valence-corrected chi connectivity index (χ1v) is 5.50. The molecule has 1 unspecified atom stereocenters. The molecule has 2 rings (SSSR count). The third-order valence-corrected chi connectivity index (χ3v) is 3.30. The summed E-state index contributed by atoms with van der Waals surface area (Å²) < 4.78 is 37.6. The van der Waals surface area contributed by atoms with Crippen LogP contribution in [0.3, 0.4) is 0 Å². The number of nitrogens with zero attached hydrogens (tertiary/aromatic N) is 1. The van der Waals surface area contributed by atoms with Crippen molar-refractivity contribution in [3.63, 3.8) is 0 Å². The van der Waals surface area contributed by atoms with Crippen LogP contribution < -0.4 is 5.32 Å². The van der Waals surface area contributed by atoms with Gasteiger partial charge in [0.2, 0.25) is 0 Å². The second-order valence-electron chi connectivity index (χ2n) is 5.12. The molecule has 1 aliphatic rings. The van der Waals surface area contributed by atoms with Crippen molar-refractivity contribution in [2.24, 2.45) is 5.41 Å². The minimum Gasteiger partial charge on any atom is -0.312 e. The van der Waals surface area contributed by atoms with Gasteiger partial charge in [-0.05, 0) is 30.5 Å². The molecule has 0 spiro atoms. The zero-order valence-electron chi connectivity index (χ0n) is 10.0. The summed E-state index contributed by atoms with van der Waals surface area (Å²) in [6.07, 6.45) is -3.80. The first-order chi connectivity index (χ1) is 7.75. The van der Waals surface area contributed by atoms with Crippen LogP contribution >= 0.6 is 0 Å². The molecule has 1 aliphatic carbocycles. The quantitative estimate of drug-likeness (QED) is 0.821. The van der Waals surface area contributed by atoms with E-state index in [-0.39, 0.29) is 11.5 Å². The number of rotatable bonds is 1. The Morgan fingerprint density at radius 2 is 2.00 bits per heavy atom. The summed E-state index contributed by atoms with van der Waals surface area (Å²) in [5, 5.41) is 3.15. The van der Waals surface area contributed by atoms with Gasteiger partial charge in [-0.15, -0.1) is 0 Å². The zero-order chi connectivity index (χ0) is 12.8. The van der Waals surface area contributed by atoms with Crippen LogP contribution in [-0.2, 0) is 12.6 Å². The number of pyridine rings is 1. The number of alkyl halides is 3. The van der Waals surface area contributed by atoms with Gasteiger partial charge in [0.1, 0.15) is 5.69 Å². The Morgan fingerprint density at radius 1 is 1.35 bits per heavy atom. The highest BCUT2D eigenvalue weighted by atomic mass is 19.4. The Kier molecular flexibility index (Phi) is 2.69. The van der Waals surface area contributed by atoms with Crippen LogP contribution in [0.5, 0.6) is 0 Å². The normalized spacial score (nSPS) is 22.6. The van der Waals surface area contributed by atoms with Gasteiger partial charge in [0.25, 0.3) is 0 Å². The minimum atomic E-state index is -4.36. The van der Waals surface area contributed by atoms with Crippen LogP contribution in [0.25, 0.3) is 0 Å². The highest BCUT2D eigenvalue weighted by molar-refractivity contribution is 5.34. The lowest BCUT2D eigenvalue weighted by Crippen LogP contribution is -2.28. The monoisotopic (exact) mass is 244 g/mol. The van der Waals surface area contributed by atoms with Gasteiger partial charge in [0.15, 0.2) is 0 Å². The molecule has 2 nitrogen and oxygen atoms in total. The van der Waals surface area contributed by atoms with Gasteiger partial charge in [-0.2, -0.15) is 13.2 Å². The average molecular weight is 244 g/mol. The highest BCUT2D eigenvalue weighted by Crippen LogP contribution is 2.44. The van der Waals surface area contributed by atoms with Crippen LogP contribution in [0.1, 0.15) is 36.8 Å². The van der Waals surface area contributed by atoms with E-state index in [1.54, 1.807) is 6.07 Å². The Balaban J connectivity index is 2.45. The topological polar surface area (TPSA) is 24.9 Å². The summed E-state index contributed by atoms with van der Waals surface area (Å²) in [4.78, 5) is 3.75. The molecule has 1 atom stereocenters. The van der Waals surface area contributed by atoms with Crippen LogP contribution in [-0.4, -0.2) is 12.0 Å². The summed E-state index contributed by atoms with van der Waals surface area (Å²) >= 11 is 0. The van der Waals surface area contributed by atoms with Gasteiger partial charge in [0, 0.05) is 11.7 Å². The van der Waals surface area contributed by atoms with Crippen molar-refractivity contribution in [2.75, 3.05) is 7.05 Å². The fourth-order valence-corrected chi connectivity index (χ4v) is 2.58. The molecule has 0 saturated heterocycles. The summed E-state index contributed by atoms with van der Waals surface area (Å²) in [6, 6.07) is 2.67. The Bertz CT molecular complexity index is 438. The van der Waals surface area contributed by atoms with Crippen LogP contribution in [0.15, 0.2) is 12.1 Å². The SMILES string of the molecule is CNC1c2ccc(C(F)(F)F)nc2CC1(C)C. The Morgan fingerprint density at radius 3 is 2.53 bits per heavy atom. The third kappa shape index (κ3) is 2.04. The van der Waals surface area contributed by atoms with Gasteiger partial charge >= 0.3 is 6.18 Å². The molecule has 0 aromatic carbocycles. The predicted molar refractivity (Wildman–Crippen MR) is 58.5 cm³/mol. The molecule has 0 saturated carbocycles. The lowest BCUT2D eigenvalue weighted by Gasteiger charge is -2.26. The maximum Gasteiger partial charge on any atom is 0.433 e. The van der Waals surface area contributed by atoms with Crippen molar-refractivity contribution in [1.29, 1.82) is 0 Å². The van der Waals surface area contributed by atoms with Gasteiger partial charge in [-0.1, -0.05) is 19.9 Å². The van der Waals surface area contributed by atoms with E-state index in [0.717, 1.165) is 11.6 Å². The van der Waals surface area contributed by atoms with Gasteiger partial charge in [-0.25, -0.2) is 4.98 Å². The van der Waals surface area contributed by atoms with E-state index < -0.39 is 11.9 Å². The van der Waals surface area contributed by atoms with E-state index in [1.807, 2.05) is 20.9 Å². The van der Waals surface area contributed by atoms with Crippen molar-refractivity contribution in [3.05, 3.63) is 29.1 Å². The fourth-order valence-electron chi connectivity index (χ4n) is 2.58. The molecule has 1 heterocycles. The predicted octanol–water partition coefficient (Wildman–Crippen LogP) is 2.94. The standard InChI is InChI=1S/C12H15F3N2/c1-11(2)6-8-7(10(11)16-3)4-5-9(17-8)12(13,14)15/h4-5,10,16H,6H2,1-3H3. The number of hydrogen-bond acceptors (Lipinski definition) is 2. The molecule has 0 radical (unpaired) electrons. The summed E-state index contributed by atoms with van der Waals surface area (Å²) in [5.74, 6) is 0. The molecule has 0 aliphatic heterocycles. The first-order valence-electron chi connectivity index (χ1n) is 5.50. The molecule has 1 N–H and O–H groups in total. The summed E-state index contributed by atoms with van der Waals surface area (Å²) in [7, 11) is 1.82. The molecule has 0 fully saturated rings. The number of halogens is 3. The van der Waals surface area contributed by atoms with Gasteiger partial charge in [-0.3, -0.25) is 0 Å². The van der Waals surface area contributed by atoms with Gasteiger partial charge in [0.05, 0.1) is 0 Å². The lowest BCUT2D eigenvalue weighted by molar-refractivity contribution is -0.141. The summed E-state index contributed by atoms with van der Waals surface area (Å²) in [5.41, 5.74) is 0.535. The molecule has 0 bridgehead atoms. The Labute approximate surface area is 98.2 Å². The highest BCUT2D eigenvalue weighted by Gasteiger charge is 2.41. The van der Waals surface area contributed by atoms with Crippen molar-refractivity contribution in [3.8, 4) is 0 Å². The van der Waals surface area contributed by atoms with E-state index >= 15 is 0 Å². The number of aromatic nitrogens is 1. The van der Waals surface area contributed by atoms with Crippen LogP contribution in [0.4, 0.5) is 13.2 Å². The van der Waals surface area contributed by atoms with E-state index in [2.05, 4.69) is 10.3 Å². The van der Waals surface area contributed by atoms with Crippen molar-refractivity contribution in [2.45, 2.75) is 32.5 Å². The number of fused-ring (bicyclic) bond motifs is 1. The lowest BCUT2D eigenvalue weighted by atomic mass is 9.85. The second-order valence-corrected chi connectivity index (χ2v) is 5.12. The fraction of sp³-hybridized carbons (Fsp3) is 0.583. The second kappa shape index (κ2) is 3.70. The number of hydrogen-bond donors (Lipinski definition) is 1. The maximum absolute atomic E-state index is 12.5. The van der Waals surface area contributed by atoms with E-state index in [1.165, 1.54) is 0 Å². The first kappa shape index (κ1) is 12.4.